The second-order valence-corrected chi connectivity index (χ2v) is 9.96. The number of carbonyl (C=O) groups is 2. The molecule has 30 heavy (non-hydrogen) atoms. The normalized spacial score (nSPS) is 15.9. The first-order chi connectivity index (χ1) is 14.3. The Balaban J connectivity index is 1.85. The van der Waals surface area contributed by atoms with Gasteiger partial charge in [-0.2, -0.15) is 0 Å². The summed E-state index contributed by atoms with van der Waals surface area (Å²) in [5, 5.41) is 0. The average Bonchev–Trinajstić information content (AvgIpc) is 3.18. The third-order valence-corrected chi connectivity index (χ3v) is 8.01. The Bertz CT molecular complexity index is 1310. The number of nitrogens with zero attached hydrogens (tertiary/aromatic N) is 2. The number of rotatable bonds is 3. The van der Waals surface area contributed by atoms with Crippen molar-refractivity contribution in [1.82, 2.24) is 3.96 Å². The van der Waals surface area contributed by atoms with E-state index in [0.717, 1.165) is 26.2 Å². The second kappa shape index (κ2) is 6.60. The van der Waals surface area contributed by atoms with E-state index in [4.69, 9.17) is 17.0 Å². The van der Waals surface area contributed by atoms with E-state index in [1.807, 2.05) is 55.1 Å². The zero-order valence-electron chi connectivity index (χ0n) is 16.5. The van der Waals surface area contributed by atoms with Crippen LogP contribution in [-0.2, 0) is 10.3 Å². The van der Waals surface area contributed by atoms with Crippen LogP contribution >= 0.6 is 39.7 Å². The maximum absolute atomic E-state index is 13.0. The maximum atomic E-state index is 13.0. The molecule has 0 aliphatic carbocycles. The van der Waals surface area contributed by atoms with Crippen LogP contribution in [-0.4, -0.2) is 22.3 Å². The fraction of sp³-hybridized carbons (Fsp3) is 0.227. The monoisotopic (exact) mass is 500 g/mol. The van der Waals surface area contributed by atoms with Gasteiger partial charge in [0.2, 0.25) is 0 Å². The van der Waals surface area contributed by atoms with Crippen LogP contribution < -0.4 is 9.64 Å². The molecular weight excluding hydrogens is 484 g/mol. The molecule has 5 rings (SSSR count). The van der Waals surface area contributed by atoms with Gasteiger partial charge in [-0.3, -0.25) is 18.4 Å². The van der Waals surface area contributed by atoms with Crippen molar-refractivity contribution >= 4 is 57.1 Å². The molecule has 0 unspecified atom stereocenters. The van der Waals surface area contributed by atoms with E-state index in [9.17, 15) is 9.59 Å². The van der Waals surface area contributed by atoms with Gasteiger partial charge in [0.05, 0.1) is 34.0 Å². The largest absolute Gasteiger partial charge is 0.494 e. The van der Waals surface area contributed by atoms with Gasteiger partial charge in [-0.25, -0.2) is 0 Å². The number of ketones is 1. The van der Waals surface area contributed by atoms with E-state index in [1.54, 1.807) is 11.0 Å². The molecule has 0 saturated carbocycles. The quantitative estimate of drug-likeness (QED) is 0.333. The van der Waals surface area contributed by atoms with Crippen LogP contribution in [0.1, 0.15) is 36.0 Å². The number of Topliss-reactive ketones (excluding diaryl/α,β-unsaturated/α-hetero) is 1. The average molecular weight is 501 g/mol. The van der Waals surface area contributed by atoms with Gasteiger partial charge in [-0.1, -0.05) is 39.7 Å². The maximum Gasteiger partial charge on any atom is 0.300 e. The van der Waals surface area contributed by atoms with Crippen molar-refractivity contribution in [1.29, 1.82) is 0 Å². The highest BCUT2D eigenvalue weighted by atomic mass is 79.9. The van der Waals surface area contributed by atoms with Crippen molar-refractivity contribution in [2.45, 2.75) is 26.3 Å². The topological polar surface area (TPSA) is 51.5 Å². The number of aromatic nitrogens is 1. The fourth-order valence-corrected chi connectivity index (χ4v) is 6.15. The standard InChI is InChI=1S/C22H17BrN2O3S2/c1-4-28-13-9-14-16-19(30-25(21(16)29)12-7-5-11(23)6-8-12)22(2,3)24-17(14)15(10-13)18(26)20(24)27/h5-10H,4H2,1-3H3. The Morgan fingerprint density at radius 2 is 1.80 bits per heavy atom. The summed E-state index contributed by atoms with van der Waals surface area (Å²) in [5.74, 6) is -0.441. The summed E-state index contributed by atoms with van der Waals surface area (Å²) >= 11 is 10.9. The Morgan fingerprint density at radius 1 is 1.13 bits per heavy atom. The smallest absolute Gasteiger partial charge is 0.300 e. The Kier molecular flexibility index (Phi) is 4.33. The van der Waals surface area contributed by atoms with E-state index in [0.29, 0.717) is 28.2 Å². The van der Waals surface area contributed by atoms with Crippen LogP contribution in [0.15, 0.2) is 40.9 Å². The van der Waals surface area contributed by atoms with Crippen LogP contribution in [0.3, 0.4) is 0 Å². The number of carbonyl (C=O) groups excluding carboxylic acids is 2. The second-order valence-electron chi connectivity index (χ2n) is 7.70. The first-order valence-electron chi connectivity index (χ1n) is 9.48. The molecule has 2 aliphatic heterocycles. The summed E-state index contributed by atoms with van der Waals surface area (Å²) in [4.78, 5) is 28.3. The van der Waals surface area contributed by atoms with Gasteiger partial charge in [0.15, 0.2) is 0 Å². The zero-order chi connectivity index (χ0) is 21.4. The number of anilines is 1. The molecule has 2 aliphatic rings. The van der Waals surface area contributed by atoms with E-state index in [2.05, 4.69) is 15.9 Å². The molecule has 0 N–H and O–H groups in total. The molecule has 8 heteroatoms. The predicted molar refractivity (Wildman–Crippen MR) is 124 cm³/mol. The van der Waals surface area contributed by atoms with Gasteiger partial charge in [-0.15, -0.1) is 0 Å². The molecule has 0 spiro atoms. The predicted octanol–water partition coefficient (Wildman–Crippen LogP) is 5.87. The van der Waals surface area contributed by atoms with Gasteiger partial charge in [0.25, 0.3) is 11.7 Å². The lowest BCUT2D eigenvalue weighted by atomic mass is 9.87. The molecule has 3 aromatic rings. The molecule has 1 amide bonds. The Labute approximate surface area is 191 Å². The molecular formula is C22H17BrN2O3S2. The van der Waals surface area contributed by atoms with Crippen molar-refractivity contribution in [2.24, 2.45) is 0 Å². The highest BCUT2D eigenvalue weighted by molar-refractivity contribution is 9.10. The van der Waals surface area contributed by atoms with Gasteiger partial charge in [-0.05, 0) is 57.2 Å². The van der Waals surface area contributed by atoms with Crippen LogP contribution in [0.25, 0.3) is 16.8 Å². The van der Waals surface area contributed by atoms with Crippen LogP contribution in [0.2, 0.25) is 0 Å². The molecule has 152 valence electrons. The van der Waals surface area contributed by atoms with E-state index in [1.165, 1.54) is 11.5 Å². The molecule has 0 saturated heterocycles. The van der Waals surface area contributed by atoms with Crippen LogP contribution in [0, 0.1) is 4.64 Å². The molecule has 1 aromatic heterocycles. The Morgan fingerprint density at radius 3 is 2.47 bits per heavy atom. The Hall–Kier alpha value is -2.29. The van der Waals surface area contributed by atoms with Crippen molar-refractivity contribution in [3.8, 4) is 22.6 Å². The molecule has 0 atom stereocenters. The van der Waals surface area contributed by atoms with Gasteiger partial charge in [0, 0.05) is 15.6 Å². The number of halogens is 1. The van der Waals surface area contributed by atoms with Crippen molar-refractivity contribution in [3.05, 3.63) is 56.0 Å². The summed E-state index contributed by atoms with van der Waals surface area (Å²) in [6.45, 7) is 6.27. The van der Waals surface area contributed by atoms with Crippen molar-refractivity contribution < 1.29 is 14.3 Å². The lowest BCUT2D eigenvalue weighted by Crippen LogP contribution is -2.46. The van der Waals surface area contributed by atoms with Crippen LogP contribution in [0.5, 0.6) is 5.75 Å². The minimum Gasteiger partial charge on any atom is -0.494 e. The molecule has 2 aromatic carbocycles. The third-order valence-electron chi connectivity index (χ3n) is 5.51. The van der Waals surface area contributed by atoms with E-state index in [-0.39, 0.29) is 0 Å². The van der Waals surface area contributed by atoms with E-state index >= 15 is 0 Å². The number of amides is 1. The minimum absolute atomic E-state index is 0.385. The minimum atomic E-state index is -0.702. The lowest BCUT2D eigenvalue weighted by molar-refractivity contribution is -0.115. The van der Waals surface area contributed by atoms with Crippen molar-refractivity contribution in [2.75, 3.05) is 11.5 Å². The molecule has 3 heterocycles. The number of hydrogen-bond donors (Lipinski definition) is 0. The van der Waals surface area contributed by atoms with E-state index < -0.39 is 17.2 Å². The lowest BCUT2D eigenvalue weighted by Gasteiger charge is -2.39. The first-order valence-corrected chi connectivity index (χ1v) is 11.5. The molecule has 0 radical (unpaired) electrons. The summed E-state index contributed by atoms with van der Waals surface area (Å²) in [6, 6.07) is 11.5. The highest BCUT2D eigenvalue weighted by Gasteiger charge is 2.51. The zero-order valence-corrected chi connectivity index (χ0v) is 19.7. The highest BCUT2D eigenvalue weighted by Crippen LogP contribution is 2.55. The van der Waals surface area contributed by atoms with Gasteiger partial charge < -0.3 is 4.74 Å². The number of benzene rings is 2. The summed E-state index contributed by atoms with van der Waals surface area (Å²) in [7, 11) is 0. The fourth-order valence-electron chi connectivity index (χ4n) is 4.19. The van der Waals surface area contributed by atoms with Crippen LogP contribution in [0.4, 0.5) is 5.69 Å². The molecule has 5 nitrogen and oxygen atoms in total. The summed E-state index contributed by atoms with van der Waals surface area (Å²) < 4.78 is 9.35. The SMILES string of the molecule is CCOc1cc2c3c(c1)-c1c(sn(-c4ccc(Br)cc4)c1=S)C(C)(C)N3C(=O)C2=O. The first kappa shape index (κ1) is 19.7. The molecule has 0 fully saturated rings. The molecule has 0 bridgehead atoms. The summed E-state index contributed by atoms with van der Waals surface area (Å²) in [6.07, 6.45) is 0. The van der Waals surface area contributed by atoms with Gasteiger partial charge in [0.1, 0.15) is 10.4 Å². The van der Waals surface area contributed by atoms with Crippen molar-refractivity contribution in [3.63, 3.8) is 0 Å². The summed E-state index contributed by atoms with van der Waals surface area (Å²) in [5.41, 5.74) is 2.94. The van der Waals surface area contributed by atoms with Gasteiger partial charge >= 0.3 is 0 Å². The third kappa shape index (κ3) is 2.53. The number of ether oxygens (including phenoxy) is 1. The number of hydrogen-bond acceptors (Lipinski definition) is 5. The number of fused-ring (bicyclic) bond motifs is 2.